The molecular weight excluding hydrogens is 382 g/mol. The van der Waals surface area contributed by atoms with Crippen molar-refractivity contribution >= 4 is 17.4 Å². The van der Waals surface area contributed by atoms with E-state index in [1.54, 1.807) is 16.8 Å². The van der Waals surface area contributed by atoms with Gasteiger partial charge in [0.1, 0.15) is 18.2 Å². The number of hydrogen-bond donors (Lipinski definition) is 1. The van der Waals surface area contributed by atoms with E-state index in [9.17, 15) is 0 Å². The van der Waals surface area contributed by atoms with Gasteiger partial charge in [-0.3, -0.25) is 4.90 Å². The summed E-state index contributed by atoms with van der Waals surface area (Å²) < 4.78 is 12.7. The lowest BCUT2D eigenvalue weighted by Gasteiger charge is -2.35. The maximum Gasteiger partial charge on any atom is 0.225 e. The highest BCUT2D eigenvalue weighted by molar-refractivity contribution is 5.59. The van der Waals surface area contributed by atoms with Crippen LogP contribution in [0.3, 0.4) is 0 Å². The molecule has 1 aliphatic rings. The molecule has 1 aliphatic heterocycles. The van der Waals surface area contributed by atoms with Crippen LogP contribution in [0.1, 0.15) is 0 Å². The van der Waals surface area contributed by atoms with Crippen molar-refractivity contribution in [2.24, 2.45) is 0 Å². The summed E-state index contributed by atoms with van der Waals surface area (Å²) >= 11 is 0. The number of benzene rings is 1. The molecule has 4 aromatic rings. The number of furan rings is 1. The average Bonchev–Trinajstić information content (AvgIpc) is 3.45. The molecule has 154 valence electrons. The zero-order valence-corrected chi connectivity index (χ0v) is 16.5. The maximum absolute atomic E-state index is 6.14. The van der Waals surface area contributed by atoms with E-state index < -0.39 is 0 Å². The third kappa shape index (κ3) is 3.79. The van der Waals surface area contributed by atoms with Crippen molar-refractivity contribution in [2.45, 2.75) is 0 Å². The zero-order valence-electron chi connectivity index (χ0n) is 16.5. The number of rotatable bonds is 6. The van der Waals surface area contributed by atoms with Gasteiger partial charge in [0.25, 0.3) is 0 Å². The van der Waals surface area contributed by atoms with Gasteiger partial charge in [-0.25, -0.2) is 4.98 Å². The number of nitrogen functional groups attached to an aromatic ring is 1. The molecule has 3 aromatic heterocycles. The molecule has 1 aromatic carbocycles. The van der Waals surface area contributed by atoms with Crippen LogP contribution in [0.5, 0.6) is 5.75 Å². The Labute approximate surface area is 173 Å². The monoisotopic (exact) mass is 405 g/mol. The molecule has 0 atom stereocenters. The van der Waals surface area contributed by atoms with Gasteiger partial charge in [0, 0.05) is 38.8 Å². The summed E-state index contributed by atoms with van der Waals surface area (Å²) in [6.07, 6.45) is 1.60. The molecule has 4 heterocycles. The molecule has 1 saturated heterocycles. The first kappa shape index (κ1) is 18.4. The summed E-state index contributed by atoms with van der Waals surface area (Å²) in [5, 5.41) is 4.40. The number of ether oxygens (including phenoxy) is 1. The molecule has 1 fully saturated rings. The van der Waals surface area contributed by atoms with Crippen molar-refractivity contribution in [3.8, 4) is 17.3 Å². The van der Waals surface area contributed by atoms with Crippen molar-refractivity contribution in [1.29, 1.82) is 0 Å². The van der Waals surface area contributed by atoms with Crippen molar-refractivity contribution in [3.63, 3.8) is 0 Å². The van der Waals surface area contributed by atoms with Gasteiger partial charge in [0.2, 0.25) is 11.8 Å². The van der Waals surface area contributed by atoms with Crippen LogP contribution in [0, 0.1) is 0 Å². The smallest absolute Gasteiger partial charge is 0.225 e. The van der Waals surface area contributed by atoms with E-state index in [-0.39, 0.29) is 0 Å². The summed E-state index contributed by atoms with van der Waals surface area (Å²) in [6.45, 7) is 5.19. The number of aromatic nitrogens is 4. The van der Waals surface area contributed by atoms with Gasteiger partial charge in [0.15, 0.2) is 11.4 Å². The lowest BCUT2D eigenvalue weighted by Crippen LogP contribution is -2.47. The molecule has 0 bridgehead atoms. The van der Waals surface area contributed by atoms with E-state index in [0.29, 0.717) is 29.8 Å². The van der Waals surface area contributed by atoms with Crippen LogP contribution < -0.4 is 15.4 Å². The van der Waals surface area contributed by atoms with E-state index in [0.717, 1.165) is 44.3 Å². The first-order chi connectivity index (χ1) is 14.8. The van der Waals surface area contributed by atoms with Gasteiger partial charge in [-0.15, -0.1) is 5.10 Å². The van der Waals surface area contributed by atoms with E-state index >= 15 is 0 Å². The zero-order chi connectivity index (χ0) is 20.3. The quantitative estimate of drug-likeness (QED) is 0.521. The molecule has 0 amide bonds. The maximum atomic E-state index is 6.14. The van der Waals surface area contributed by atoms with Crippen molar-refractivity contribution in [1.82, 2.24) is 24.5 Å². The number of fused-ring (bicyclic) bond motifs is 1. The Hall–Kier alpha value is -3.59. The third-order valence-electron chi connectivity index (χ3n) is 5.19. The van der Waals surface area contributed by atoms with Gasteiger partial charge in [-0.1, -0.05) is 18.2 Å². The van der Waals surface area contributed by atoms with Crippen molar-refractivity contribution < 1.29 is 9.15 Å². The highest BCUT2D eigenvalue weighted by atomic mass is 16.5. The van der Waals surface area contributed by atoms with E-state index in [1.807, 2.05) is 42.5 Å². The normalized spacial score (nSPS) is 15.0. The van der Waals surface area contributed by atoms with E-state index in [4.69, 9.17) is 14.9 Å². The molecule has 0 aliphatic carbocycles. The average molecular weight is 405 g/mol. The summed E-state index contributed by atoms with van der Waals surface area (Å²) in [4.78, 5) is 13.7. The standard InChI is InChI=1S/C21H23N7O2/c22-21-24-18(15-19-23-20(25-28(19)21)17-7-4-13-30-17)27-10-8-26(9-11-27)12-14-29-16-5-2-1-3-6-16/h1-7,13,15H,8-12,14H2,(H2,22,24). The predicted octanol–water partition coefficient (Wildman–Crippen LogP) is 2.17. The van der Waals surface area contributed by atoms with Crippen molar-refractivity contribution in [3.05, 3.63) is 54.8 Å². The van der Waals surface area contributed by atoms with Crippen LogP contribution in [0.15, 0.2) is 59.2 Å². The van der Waals surface area contributed by atoms with E-state index in [1.165, 1.54) is 0 Å². The lowest BCUT2D eigenvalue weighted by molar-refractivity contribution is 0.200. The van der Waals surface area contributed by atoms with Gasteiger partial charge in [0.05, 0.1) is 6.26 Å². The van der Waals surface area contributed by atoms with Gasteiger partial charge < -0.3 is 19.8 Å². The highest BCUT2D eigenvalue weighted by Crippen LogP contribution is 2.22. The second-order valence-electron chi connectivity index (χ2n) is 7.15. The molecule has 9 heteroatoms. The van der Waals surface area contributed by atoms with Crippen LogP contribution in [0.4, 0.5) is 11.8 Å². The molecule has 0 saturated carbocycles. The fraction of sp³-hybridized carbons (Fsp3) is 0.286. The first-order valence-electron chi connectivity index (χ1n) is 9.98. The molecule has 9 nitrogen and oxygen atoms in total. The van der Waals surface area contributed by atoms with Gasteiger partial charge >= 0.3 is 0 Å². The second kappa shape index (κ2) is 8.03. The Kier molecular flexibility index (Phi) is 4.94. The molecule has 0 unspecified atom stereocenters. The minimum atomic E-state index is 0.312. The molecule has 2 N–H and O–H groups in total. The highest BCUT2D eigenvalue weighted by Gasteiger charge is 2.20. The van der Waals surface area contributed by atoms with Crippen LogP contribution in [-0.4, -0.2) is 63.8 Å². The Bertz CT molecular complexity index is 1100. The summed E-state index contributed by atoms with van der Waals surface area (Å²) in [5.41, 5.74) is 6.80. The molecule has 0 radical (unpaired) electrons. The Morgan fingerprint density at radius 2 is 1.83 bits per heavy atom. The largest absolute Gasteiger partial charge is 0.492 e. The molecule has 30 heavy (non-hydrogen) atoms. The van der Waals surface area contributed by atoms with Gasteiger partial charge in [-0.2, -0.15) is 9.50 Å². The van der Waals surface area contributed by atoms with Crippen LogP contribution in [0.25, 0.3) is 17.2 Å². The SMILES string of the molecule is Nc1nc(N2CCN(CCOc3ccccc3)CC2)cc2nc(-c3ccco3)nn12. The Morgan fingerprint density at radius 1 is 1.00 bits per heavy atom. The topological polar surface area (TPSA) is 98.0 Å². The number of nitrogens with zero attached hydrogens (tertiary/aromatic N) is 6. The molecular formula is C21H23N7O2. The number of anilines is 2. The summed E-state index contributed by atoms with van der Waals surface area (Å²) in [5.74, 6) is 3.14. The fourth-order valence-corrected chi connectivity index (χ4v) is 3.58. The minimum absolute atomic E-state index is 0.312. The minimum Gasteiger partial charge on any atom is -0.492 e. The van der Waals surface area contributed by atoms with Crippen LogP contribution in [0.2, 0.25) is 0 Å². The number of piperazine rings is 1. The summed E-state index contributed by atoms with van der Waals surface area (Å²) in [7, 11) is 0. The molecule has 0 spiro atoms. The van der Waals surface area contributed by atoms with Gasteiger partial charge in [-0.05, 0) is 24.3 Å². The number of nitrogens with two attached hydrogens (primary N) is 1. The number of para-hydroxylation sites is 1. The van der Waals surface area contributed by atoms with Crippen molar-refractivity contribution in [2.75, 3.05) is 50.0 Å². The van der Waals surface area contributed by atoms with Crippen LogP contribution in [-0.2, 0) is 0 Å². The second-order valence-corrected chi connectivity index (χ2v) is 7.15. The summed E-state index contributed by atoms with van der Waals surface area (Å²) in [6, 6.07) is 15.5. The lowest BCUT2D eigenvalue weighted by atomic mass is 10.3. The first-order valence-corrected chi connectivity index (χ1v) is 9.98. The Morgan fingerprint density at radius 3 is 2.60 bits per heavy atom. The van der Waals surface area contributed by atoms with E-state index in [2.05, 4.69) is 24.9 Å². The Balaban J connectivity index is 1.21. The van der Waals surface area contributed by atoms with Crippen LogP contribution >= 0.6 is 0 Å². The predicted molar refractivity (Wildman–Crippen MR) is 113 cm³/mol. The fourth-order valence-electron chi connectivity index (χ4n) is 3.58. The number of hydrogen-bond acceptors (Lipinski definition) is 8. The molecule has 5 rings (SSSR count). The third-order valence-corrected chi connectivity index (χ3v) is 5.19.